The summed E-state index contributed by atoms with van der Waals surface area (Å²) < 4.78 is 11.0. The van der Waals surface area contributed by atoms with Gasteiger partial charge in [0.2, 0.25) is 11.8 Å². The Hall–Kier alpha value is -3.43. The molecule has 0 spiro atoms. The molecule has 1 atom stereocenters. The highest BCUT2D eigenvalue weighted by molar-refractivity contribution is 5.84. The van der Waals surface area contributed by atoms with Gasteiger partial charge in [0.05, 0.1) is 5.41 Å². The number of carbonyl (C=O) groups is 3. The van der Waals surface area contributed by atoms with Crippen LogP contribution in [0.25, 0.3) is 0 Å². The zero-order valence-electron chi connectivity index (χ0n) is 22.9. The summed E-state index contributed by atoms with van der Waals surface area (Å²) >= 11 is 0. The van der Waals surface area contributed by atoms with E-state index in [9.17, 15) is 14.4 Å². The van der Waals surface area contributed by atoms with E-state index in [4.69, 9.17) is 9.47 Å². The summed E-state index contributed by atoms with van der Waals surface area (Å²) in [5, 5.41) is 12.3. The Bertz CT molecular complexity index is 1030. The second-order valence-corrected chi connectivity index (χ2v) is 9.96. The molecule has 2 aromatic carbocycles. The summed E-state index contributed by atoms with van der Waals surface area (Å²) in [5.74, 6) is 0.210. The summed E-state index contributed by atoms with van der Waals surface area (Å²) in [7, 11) is 1.61. The molecule has 2 aromatic rings. The van der Waals surface area contributed by atoms with E-state index in [2.05, 4.69) is 21.3 Å². The van der Waals surface area contributed by atoms with Crippen molar-refractivity contribution in [2.24, 2.45) is 5.41 Å². The summed E-state index contributed by atoms with van der Waals surface area (Å²) in [6.07, 6.45) is 3.41. The monoisotopic (exact) mass is 538 g/mol. The Kier molecular flexibility index (Phi) is 12.8. The van der Waals surface area contributed by atoms with E-state index in [1.807, 2.05) is 42.5 Å². The third kappa shape index (κ3) is 10.7. The van der Waals surface area contributed by atoms with Gasteiger partial charge in [0.15, 0.2) is 6.61 Å². The van der Waals surface area contributed by atoms with Crippen LogP contribution in [0.5, 0.6) is 5.75 Å². The highest BCUT2D eigenvalue weighted by Crippen LogP contribution is 2.29. The molecule has 39 heavy (non-hydrogen) atoms. The predicted octanol–water partition coefficient (Wildman–Crippen LogP) is 2.00. The molecular weight excluding hydrogens is 496 g/mol. The first-order valence-corrected chi connectivity index (χ1v) is 13.8. The van der Waals surface area contributed by atoms with Crippen molar-refractivity contribution >= 4 is 17.7 Å². The first-order valence-electron chi connectivity index (χ1n) is 13.8. The lowest BCUT2D eigenvalue weighted by molar-refractivity contribution is -0.133. The van der Waals surface area contributed by atoms with Crippen molar-refractivity contribution in [2.75, 3.05) is 53.0 Å². The fourth-order valence-electron chi connectivity index (χ4n) is 4.55. The van der Waals surface area contributed by atoms with Crippen LogP contribution in [0.3, 0.4) is 0 Å². The Morgan fingerprint density at radius 1 is 0.974 bits per heavy atom. The Morgan fingerprint density at radius 3 is 2.51 bits per heavy atom. The largest absolute Gasteiger partial charge is 0.484 e. The molecular formula is C30H42N4O5. The zero-order chi connectivity index (χ0) is 27.8. The van der Waals surface area contributed by atoms with Crippen molar-refractivity contribution in [3.05, 3.63) is 65.7 Å². The third-order valence-corrected chi connectivity index (χ3v) is 6.88. The molecule has 212 valence electrons. The summed E-state index contributed by atoms with van der Waals surface area (Å²) in [4.78, 5) is 38.6. The molecule has 0 aromatic heterocycles. The van der Waals surface area contributed by atoms with Gasteiger partial charge in [-0.1, -0.05) is 42.5 Å². The number of fused-ring (bicyclic) bond motifs is 17. The van der Waals surface area contributed by atoms with Crippen molar-refractivity contribution in [3.8, 4) is 5.75 Å². The minimum Gasteiger partial charge on any atom is -0.484 e. The van der Waals surface area contributed by atoms with Crippen molar-refractivity contribution < 1.29 is 23.9 Å². The van der Waals surface area contributed by atoms with Gasteiger partial charge < -0.3 is 30.7 Å². The molecule has 0 saturated heterocycles. The lowest BCUT2D eigenvalue weighted by atomic mass is 9.77. The molecule has 0 radical (unpaired) electrons. The van der Waals surface area contributed by atoms with E-state index < -0.39 is 5.41 Å². The van der Waals surface area contributed by atoms with Crippen LogP contribution in [0, 0.1) is 5.41 Å². The minimum atomic E-state index is -0.899. The van der Waals surface area contributed by atoms with Crippen LogP contribution < -0.4 is 26.0 Å². The van der Waals surface area contributed by atoms with E-state index in [1.165, 1.54) is 0 Å². The van der Waals surface area contributed by atoms with Crippen LogP contribution in [-0.2, 0) is 32.0 Å². The molecule has 2 bridgehead atoms. The fourth-order valence-corrected chi connectivity index (χ4v) is 4.55. The maximum atomic E-state index is 13.8. The first-order chi connectivity index (χ1) is 19.0. The summed E-state index contributed by atoms with van der Waals surface area (Å²) in [5.41, 5.74) is 1.17. The van der Waals surface area contributed by atoms with E-state index in [0.717, 1.165) is 24.1 Å². The molecule has 2 aliphatic heterocycles. The number of nitrogens with one attached hydrogen (secondary N) is 4. The van der Waals surface area contributed by atoms with Crippen LogP contribution in [-0.4, -0.2) is 70.8 Å². The van der Waals surface area contributed by atoms with Gasteiger partial charge in [-0.05, 0) is 68.5 Å². The summed E-state index contributed by atoms with van der Waals surface area (Å²) in [6.45, 7) is 3.02. The summed E-state index contributed by atoms with van der Waals surface area (Å²) in [6, 6.07) is 17.4. The molecule has 0 aliphatic carbocycles. The number of hydrogen-bond acceptors (Lipinski definition) is 6. The zero-order valence-corrected chi connectivity index (χ0v) is 22.9. The minimum absolute atomic E-state index is 0.0552. The number of rotatable bonds is 7. The molecule has 0 fully saturated rings. The topological polar surface area (TPSA) is 118 Å². The van der Waals surface area contributed by atoms with E-state index in [1.54, 1.807) is 19.2 Å². The van der Waals surface area contributed by atoms with Gasteiger partial charge in [0, 0.05) is 39.8 Å². The van der Waals surface area contributed by atoms with Crippen LogP contribution in [0.2, 0.25) is 0 Å². The number of benzene rings is 2. The highest BCUT2D eigenvalue weighted by Gasteiger charge is 2.38. The van der Waals surface area contributed by atoms with Crippen molar-refractivity contribution in [2.45, 2.75) is 38.5 Å². The van der Waals surface area contributed by atoms with Crippen LogP contribution >= 0.6 is 0 Å². The molecule has 3 amide bonds. The smallest absolute Gasteiger partial charge is 0.257 e. The van der Waals surface area contributed by atoms with Crippen LogP contribution in [0.1, 0.15) is 36.8 Å². The van der Waals surface area contributed by atoms with Crippen molar-refractivity contribution in [3.63, 3.8) is 0 Å². The maximum Gasteiger partial charge on any atom is 0.257 e. The number of hydrogen-bond donors (Lipinski definition) is 4. The molecule has 2 aliphatic rings. The highest BCUT2D eigenvalue weighted by atomic mass is 16.5. The number of methoxy groups -OCH3 is 1. The molecule has 4 N–H and O–H groups in total. The second kappa shape index (κ2) is 16.5. The van der Waals surface area contributed by atoms with E-state index in [0.29, 0.717) is 64.1 Å². The lowest BCUT2D eigenvalue weighted by Gasteiger charge is -2.33. The number of amides is 3. The first kappa shape index (κ1) is 30.1. The second-order valence-electron chi connectivity index (χ2n) is 9.96. The quantitative estimate of drug-likeness (QED) is 0.428. The molecule has 9 nitrogen and oxygen atoms in total. The Balaban J connectivity index is 1.78. The molecule has 2 heterocycles. The SMILES string of the molecule is COCCC1(C(=O)NCCc2ccccc2)CNC(=O)CCCNCCCNC(=O)COc2ccc(cc2)C1. The lowest BCUT2D eigenvalue weighted by Crippen LogP contribution is -2.51. The average Bonchev–Trinajstić information content (AvgIpc) is 2.95. The van der Waals surface area contributed by atoms with Gasteiger partial charge in [-0.3, -0.25) is 14.4 Å². The van der Waals surface area contributed by atoms with Gasteiger partial charge in [-0.25, -0.2) is 0 Å². The molecule has 4 rings (SSSR count). The average molecular weight is 539 g/mol. The standard InChI is InChI=1S/C30H42N4O5/c1-38-20-15-30(29(37)33-19-14-24-7-3-2-4-8-24)21-25-10-12-26(13-11-25)39-22-28(36)32-18-6-17-31-16-5-9-27(35)34-23-30/h2-4,7-8,10-13,31H,5-6,9,14-23H2,1H3,(H,32,36)(H,33,37)(H,34,35). The van der Waals surface area contributed by atoms with Crippen LogP contribution in [0.15, 0.2) is 54.6 Å². The predicted molar refractivity (Wildman–Crippen MR) is 150 cm³/mol. The van der Waals surface area contributed by atoms with Crippen LogP contribution in [0.4, 0.5) is 0 Å². The maximum absolute atomic E-state index is 13.8. The molecule has 9 heteroatoms. The van der Waals surface area contributed by atoms with E-state index >= 15 is 0 Å². The van der Waals surface area contributed by atoms with Gasteiger partial charge in [-0.2, -0.15) is 0 Å². The molecule has 1 unspecified atom stereocenters. The van der Waals surface area contributed by atoms with Gasteiger partial charge in [-0.15, -0.1) is 0 Å². The van der Waals surface area contributed by atoms with Crippen molar-refractivity contribution in [1.82, 2.24) is 21.3 Å². The number of ether oxygens (including phenoxy) is 2. The normalized spacial score (nSPS) is 19.8. The van der Waals surface area contributed by atoms with Crippen molar-refractivity contribution in [1.29, 1.82) is 0 Å². The Morgan fingerprint density at radius 2 is 1.74 bits per heavy atom. The number of carbonyl (C=O) groups excluding carboxylic acids is 3. The third-order valence-electron chi connectivity index (χ3n) is 6.88. The van der Waals surface area contributed by atoms with E-state index in [-0.39, 0.29) is 30.9 Å². The fraction of sp³-hybridized carbons (Fsp3) is 0.500. The van der Waals surface area contributed by atoms with Gasteiger partial charge in [0.25, 0.3) is 5.91 Å². The van der Waals surface area contributed by atoms with Gasteiger partial charge in [0.1, 0.15) is 5.75 Å². The molecule has 0 saturated carbocycles. The Labute approximate surface area is 231 Å². The van der Waals surface area contributed by atoms with Gasteiger partial charge >= 0.3 is 0 Å².